The first-order valence-corrected chi connectivity index (χ1v) is 10.6. The van der Waals surface area contributed by atoms with Crippen LogP contribution in [-0.2, 0) is 4.74 Å². The number of amides is 1. The van der Waals surface area contributed by atoms with Crippen molar-refractivity contribution in [2.45, 2.75) is 25.6 Å². The van der Waals surface area contributed by atoms with Gasteiger partial charge in [-0.2, -0.15) is 0 Å². The van der Waals surface area contributed by atoms with Crippen molar-refractivity contribution >= 4 is 17.5 Å². The van der Waals surface area contributed by atoms with Crippen LogP contribution in [0.1, 0.15) is 23.6 Å². The molecule has 4 N–H and O–H groups in total. The molecule has 0 aliphatic carbocycles. The van der Waals surface area contributed by atoms with Gasteiger partial charge in [-0.1, -0.05) is 24.3 Å². The van der Waals surface area contributed by atoms with E-state index in [1.54, 1.807) is 19.2 Å². The predicted molar refractivity (Wildman–Crippen MR) is 127 cm³/mol. The molecular formula is C25H27FN4O3. The maximum Gasteiger partial charge on any atom is 0.411 e. The zero-order valence-corrected chi connectivity index (χ0v) is 18.7. The van der Waals surface area contributed by atoms with Crippen LogP contribution in [0.4, 0.5) is 20.6 Å². The number of halogens is 1. The summed E-state index contributed by atoms with van der Waals surface area (Å²) >= 11 is 0. The van der Waals surface area contributed by atoms with Crippen molar-refractivity contribution in [2.75, 3.05) is 24.9 Å². The van der Waals surface area contributed by atoms with Crippen LogP contribution in [0, 0.1) is 12.7 Å². The fraction of sp³-hybridized carbons (Fsp3) is 0.240. The molecule has 1 amide bonds. The average Bonchev–Trinajstić information content (AvgIpc) is 3.30. The molecule has 3 aromatic rings. The fourth-order valence-electron chi connectivity index (χ4n) is 3.88. The number of anilines is 2. The van der Waals surface area contributed by atoms with E-state index in [-0.39, 0.29) is 18.0 Å². The number of methoxy groups -OCH3 is 2. The Kier molecular flexibility index (Phi) is 6.76. The number of rotatable bonds is 6. The van der Waals surface area contributed by atoms with E-state index in [1.807, 2.05) is 49.4 Å². The molecule has 1 heterocycles. The van der Waals surface area contributed by atoms with Gasteiger partial charge in [0.1, 0.15) is 11.6 Å². The van der Waals surface area contributed by atoms with E-state index in [4.69, 9.17) is 4.74 Å². The molecule has 3 aromatic carbocycles. The number of carbonyl (C=O) groups excluding carboxylic acids is 1. The fourth-order valence-corrected chi connectivity index (χ4v) is 3.88. The van der Waals surface area contributed by atoms with E-state index < -0.39 is 6.09 Å². The molecule has 1 aliphatic heterocycles. The van der Waals surface area contributed by atoms with E-state index in [0.717, 1.165) is 28.8 Å². The van der Waals surface area contributed by atoms with E-state index in [2.05, 4.69) is 26.2 Å². The summed E-state index contributed by atoms with van der Waals surface area (Å²) < 4.78 is 24.1. The first-order valence-electron chi connectivity index (χ1n) is 10.6. The van der Waals surface area contributed by atoms with E-state index in [0.29, 0.717) is 17.0 Å². The highest BCUT2D eigenvalue weighted by Crippen LogP contribution is 2.30. The Morgan fingerprint density at radius 3 is 2.52 bits per heavy atom. The molecule has 0 aromatic heterocycles. The third-order valence-electron chi connectivity index (χ3n) is 5.69. The minimum Gasteiger partial charge on any atom is -0.497 e. The largest absolute Gasteiger partial charge is 0.497 e. The van der Waals surface area contributed by atoms with E-state index >= 15 is 0 Å². The van der Waals surface area contributed by atoms with Gasteiger partial charge >= 0.3 is 6.09 Å². The third kappa shape index (κ3) is 5.24. The number of hydrazine groups is 1. The third-order valence-corrected chi connectivity index (χ3v) is 5.69. The summed E-state index contributed by atoms with van der Waals surface area (Å²) in [4.78, 5) is 11.4. The lowest BCUT2D eigenvalue weighted by Crippen LogP contribution is -2.36. The quantitative estimate of drug-likeness (QED) is 0.425. The summed E-state index contributed by atoms with van der Waals surface area (Å²) in [5.74, 6) is 0.340. The van der Waals surface area contributed by atoms with Gasteiger partial charge in [-0.15, -0.1) is 0 Å². The Bertz CT molecular complexity index is 1140. The van der Waals surface area contributed by atoms with E-state index in [9.17, 15) is 9.18 Å². The lowest BCUT2D eigenvalue weighted by Gasteiger charge is -2.17. The molecule has 1 aliphatic rings. The van der Waals surface area contributed by atoms with E-state index in [1.165, 1.54) is 13.2 Å². The van der Waals surface area contributed by atoms with Crippen LogP contribution in [0.2, 0.25) is 0 Å². The number of nitrogens with one attached hydrogen (secondary N) is 4. The summed E-state index contributed by atoms with van der Waals surface area (Å²) in [6.07, 6.45) is 0.331. The van der Waals surface area contributed by atoms with Gasteiger partial charge < -0.3 is 14.8 Å². The highest BCUT2D eigenvalue weighted by atomic mass is 19.1. The lowest BCUT2D eigenvalue weighted by atomic mass is 9.99. The molecule has 7 nitrogen and oxygen atoms in total. The molecule has 0 spiro atoms. The first kappa shape index (κ1) is 22.6. The second kappa shape index (κ2) is 9.89. The molecule has 0 radical (unpaired) electrons. The van der Waals surface area contributed by atoms with Gasteiger partial charge in [0.15, 0.2) is 0 Å². The Hall–Kier alpha value is -3.62. The standard InChI is InChI=1S/C25H27FN4O3/c1-15-12-18(27-25(31)33-3)8-11-22(15)28-24-14-23(29-30-24)17-6-4-16(5-7-17)20-13-19(32-2)9-10-21(20)26/h4-13,23-24,28-30H,14H2,1-3H3,(H,27,31). The van der Waals surface area contributed by atoms with Crippen LogP contribution in [-0.4, -0.2) is 26.5 Å². The molecule has 2 atom stereocenters. The molecule has 1 fully saturated rings. The van der Waals surface area contributed by atoms with Crippen LogP contribution >= 0.6 is 0 Å². The highest BCUT2D eigenvalue weighted by molar-refractivity contribution is 5.85. The zero-order valence-electron chi connectivity index (χ0n) is 18.7. The van der Waals surface area contributed by atoms with Gasteiger partial charge in [-0.25, -0.2) is 20.0 Å². The van der Waals surface area contributed by atoms with Crippen LogP contribution in [0.25, 0.3) is 11.1 Å². The summed E-state index contributed by atoms with van der Waals surface area (Å²) in [6, 6.07) is 18.3. The number of hydrogen-bond acceptors (Lipinski definition) is 6. The van der Waals surface area contributed by atoms with Crippen molar-refractivity contribution in [1.29, 1.82) is 0 Å². The van der Waals surface area contributed by atoms with Crippen molar-refractivity contribution in [3.8, 4) is 16.9 Å². The molecule has 2 unspecified atom stereocenters. The number of hydrogen-bond donors (Lipinski definition) is 4. The van der Waals surface area contributed by atoms with Crippen molar-refractivity contribution in [3.05, 3.63) is 77.6 Å². The Balaban J connectivity index is 1.40. The second-order valence-corrected chi connectivity index (χ2v) is 7.89. The molecule has 8 heteroatoms. The Labute approximate surface area is 192 Å². The number of ether oxygens (including phenoxy) is 2. The maximum absolute atomic E-state index is 14.3. The summed E-state index contributed by atoms with van der Waals surface area (Å²) in [5.41, 5.74) is 11.7. The summed E-state index contributed by atoms with van der Waals surface area (Å²) in [7, 11) is 2.90. The molecular weight excluding hydrogens is 423 g/mol. The predicted octanol–water partition coefficient (Wildman–Crippen LogP) is 4.97. The van der Waals surface area contributed by atoms with Crippen molar-refractivity contribution in [1.82, 2.24) is 10.9 Å². The molecule has 33 heavy (non-hydrogen) atoms. The van der Waals surface area contributed by atoms with Crippen LogP contribution in [0.3, 0.4) is 0 Å². The van der Waals surface area contributed by atoms with Crippen LogP contribution in [0.5, 0.6) is 5.75 Å². The van der Waals surface area contributed by atoms with Gasteiger partial charge in [-0.3, -0.25) is 5.32 Å². The van der Waals surface area contributed by atoms with Crippen molar-refractivity contribution in [2.24, 2.45) is 0 Å². The Morgan fingerprint density at radius 1 is 1.03 bits per heavy atom. The molecule has 4 rings (SSSR count). The normalized spacial score (nSPS) is 17.5. The molecule has 172 valence electrons. The smallest absolute Gasteiger partial charge is 0.411 e. The topological polar surface area (TPSA) is 83.7 Å². The monoisotopic (exact) mass is 450 g/mol. The lowest BCUT2D eigenvalue weighted by molar-refractivity contribution is 0.187. The van der Waals surface area contributed by atoms with Gasteiger partial charge in [0.05, 0.1) is 20.4 Å². The van der Waals surface area contributed by atoms with Gasteiger partial charge in [0, 0.05) is 29.4 Å². The maximum atomic E-state index is 14.3. The summed E-state index contributed by atoms with van der Waals surface area (Å²) in [5, 5.41) is 6.14. The zero-order chi connectivity index (χ0) is 23.4. The SMILES string of the molecule is COC(=O)Nc1ccc(NC2CC(c3ccc(-c4cc(OC)ccc4F)cc3)NN2)c(C)c1. The van der Waals surface area contributed by atoms with Gasteiger partial charge in [0.25, 0.3) is 0 Å². The highest BCUT2D eigenvalue weighted by Gasteiger charge is 2.25. The van der Waals surface area contributed by atoms with Crippen LogP contribution in [0.15, 0.2) is 60.7 Å². The summed E-state index contributed by atoms with van der Waals surface area (Å²) in [6.45, 7) is 1.97. The average molecular weight is 451 g/mol. The minimum absolute atomic E-state index is 0.0172. The second-order valence-electron chi connectivity index (χ2n) is 7.89. The van der Waals surface area contributed by atoms with Crippen molar-refractivity contribution < 1.29 is 18.7 Å². The number of benzene rings is 3. The minimum atomic E-state index is -0.500. The molecule has 1 saturated heterocycles. The van der Waals surface area contributed by atoms with Crippen LogP contribution < -0.4 is 26.2 Å². The van der Waals surface area contributed by atoms with Gasteiger partial charge in [-0.05, 0) is 60.0 Å². The molecule has 0 saturated carbocycles. The number of carbonyl (C=O) groups is 1. The van der Waals surface area contributed by atoms with Crippen molar-refractivity contribution in [3.63, 3.8) is 0 Å². The Morgan fingerprint density at radius 2 is 1.82 bits per heavy atom. The molecule has 0 bridgehead atoms. The first-order chi connectivity index (χ1) is 16.0. The van der Waals surface area contributed by atoms with Gasteiger partial charge in [0.2, 0.25) is 0 Å². The number of aryl methyl sites for hydroxylation is 1.